The highest BCUT2D eigenvalue weighted by molar-refractivity contribution is 5.32. The highest BCUT2D eigenvalue weighted by atomic mass is 16.5. The number of rotatable bonds is 3. The van der Waals surface area contributed by atoms with Crippen molar-refractivity contribution in [3.63, 3.8) is 0 Å². The number of hydrogen-bond donors (Lipinski definition) is 0. The van der Waals surface area contributed by atoms with Crippen molar-refractivity contribution >= 4 is 0 Å². The highest BCUT2D eigenvalue weighted by Crippen LogP contribution is 2.21. The number of hydrogen-bond acceptors (Lipinski definition) is 1. The van der Waals surface area contributed by atoms with Gasteiger partial charge in [-0.3, -0.25) is 0 Å². The third kappa shape index (κ3) is 4.87. The van der Waals surface area contributed by atoms with Gasteiger partial charge in [0.15, 0.2) is 0 Å². The van der Waals surface area contributed by atoms with Crippen LogP contribution in [0.25, 0.3) is 0 Å². The molecule has 0 saturated carbocycles. The van der Waals surface area contributed by atoms with E-state index in [0.29, 0.717) is 5.41 Å². The second-order valence-electron chi connectivity index (χ2n) is 5.48. The van der Waals surface area contributed by atoms with Crippen LogP contribution in [0.15, 0.2) is 18.2 Å². The van der Waals surface area contributed by atoms with Gasteiger partial charge < -0.3 is 4.74 Å². The van der Waals surface area contributed by atoms with Crippen LogP contribution in [0.2, 0.25) is 0 Å². The number of ether oxygens (including phenoxy) is 1. The molecule has 0 aromatic heterocycles. The third-order valence-electron chi connectivity index (χ3n) is 2.32. The third-order valence-corrected chi connectivity index (χ3v) is 2.32. The van der Waals surface area contributed by atoms with Gasteiger partial charge >= 0.3 is 0 Å². The minimum Gasteiger partial charge on any atom is -0.494 e. The molecule has 0 atom stereocenters. The molecule has 0 fully saturated rings. The van der Waals surface area contributed by atoms with Crippen molar-refractivity contribution in [2.75, 3.05) is 6.61 Å². The normalized spacial score (nSPS) is 11.5. The summed E-state index contributed by atoms with van der Waals surface area (Å²) in [5, 5.41) is 0. The summed E-state index contributed by atoms with van der Waals surface area (Å²) < 4.78 is 5.74. The van der Waals surface area contributed by atoms with Crippen LogP contribution in [0.4, 0.5) is 0 Å². The van der Waals surface area contributed by atoms with Crippen molar-refractivity contribution in [2.24, 2.45) is 5.41 Å². The molecule has 1 rings (SSSR count). The maximum atomic E-state index is 5.74. The van der Waals surface area contributed by atoms with Gasteiger partial charge in [-0.15, -0.1) is 0 Å². The average molecular weight is 206 g/mol. The first-order chi connectivity index (χ1) is 6.87. The Bertz CT molecular complexity index is 300. The van der Waals surface area contributed by atoms with Crippen LogP contribution in [-0.4, -0.2) is 6.61 Å². The SMILES string of the molecule is Cc1cc(C)cc(OCCC(C)(C)C)c1. The molecule has 1 heteroatoms. The van der Waals surface area contributed by atoms with Gasteiger partial charge in [0.25, 0.3) is 0 Å². The molecule has 0 aliphatic carbocycles. The average Bonchev–Trinajstić information content (AvgIpc) is 1.99. The molecule has 0 aliphatic rings. The maximum absolute atomic E-state index is 5.74. The van der Waals surface area contributed by atoms with Crippen molar-refractivity contribution in [1.82, 2.24) is 0 Å². The maximum Gasteiger partial charge on any atom is 0.119 e. The minimum atomic E-state index is 0.346. The van der Waals surface area contributed by atoms with Gasteiger partial charge in [-0.05, 0) is 48.9 Å². The molecule has 0 N–H and O–H groups in total. The fourth-order valence-corrected chi connectivity index (χ4v) is 1.49. The second-order valence-corrected chi connectivity index (χ2v) is 5.48. The standard InChI is InChI=1S/C14H22O/c1-11-8-12(2)10-13(9-11)15-7-6-14(3,4)5/h8-10H,6-7H2,1-5H3. The summed E-state index contributed by atoms with van der Waals surface area (Å²) in [7, 11) is 0. The topological polar surface area (TPSA) is 9.23 Å². The largest absolute Gasteiger partial charge is 0.494 e. The van der Waals surface area contributed by atoms with E-state index in [2.05, 4.69) is 52.8 Å². The molecule has 15 heavy (non-hydrogen) atoms. The number of benzene rings is 1. The molecular weight excluding hydrogens is 184 g/mol. The van der Waals surface area contributed by atoms with Crippen LogP contribution in [-0.2, 0) is 0 Å². The second kappa shape index (κ2) is 4.69. The van der Waals surface area contributed by atoms with Crippen LogP contribution in [0.3, 0.4) is 0 Å². The molecule has 1 aromatic rings. The lowest BCUT2D eigenvalue weighted by Crippen LogP contribution is -2.11. The first-order valence-corrected chi connectivity index (χ1v) is 5.58. The Morgan fingerprint density at radius 1 is 1.00 bits per heavy atom. The predicted octanol–water partition coefficient (Wildman–Crippen LogP) is 4.12. The van der Waals surface area contributed by atoms with Crippen molar-refractivity contribution in [3.05, 3.63) is 29.3 Å². The van der Waals surface area contributed by atoms with E-state index in [1.54, 1.807) is 0 Å². The lowest BCUT2D eigenvalue weighted by molar-refractivity contribution is 0.243. The summed E-state index contributed by atoms with van der Waals surface area (Å²) in [6.45, 7) is 11.7. The Morgan fingerprint density at radius 3 is 2.00 bits per heavy atom. The molecule has 0 unspecified atom stereocenters. The van der Waals surface area contributed by atoms with E-state index in [4.69, 9.17) is 4.74 Å². The zero-order valence-corrected chi connectivity index (χ0v) is 10.6. The van der Waals surface area contributed by atoms with E-state index in [1.807, 2.05) is 0 Å². The summed E-state index contributed by atoms with van der Waals surface area (Å²) in [5.41, 5.74) is 2.88. The molecule has 0 saturated heterocycles. The van der Waals surface area contributed by atoms with Crippen molar-refractivity contribution in [2.45, 2.75) is 41.0 Å². The lowest BCUT2D eigenvalue weighted by atomic mass is 9.93. The van der Waals surface area contributed by atoms with Gasteiger partial charge in [0.1, 0.15) is 5.75 Å². The Labute approximate surface area is 93.5 Å². The highest BCUT2D eigenvalue weighted by Gasteiger charge is 2.09. The fraction of sp³-hybridized carbons (Fsp3) is 0.571. The Hall–Kier alpha value is -0.980. The van der Waals surface area contributed by atoms with Gasteiger partial charge in [-0.2, -0.15) is 0 Å². The van der Waals surface area contributed by atoms with E-state index >= 15 is 0 Å². The van der Waals surface area contributed by atoms with Crippen LogP contribution in [0.1, 0.15) is 38.3 Å². The lowest BCUT2D eigenvalue weighted by Gasteiger charge is -2.18. The van der Waals surface area contributed by atoms with Gasteiger partial charge in [0.05, 0.1) is 6.61 Å². The smallest absolute Gasteiger partial charge is 0.119 e. The van der Waals surface area contributed by atoms with Gasteiger partial charge in [0.2, 0.25) is 0 Å². The Balaban J connectivity index is 2.51. The molecule has 0 bridgehead atoms. The van der Waals surface area contributed by atoms with E-state index in [-0.39, 0.29) is 0 Å². The quantitative estimate of drug-likeness (QED) is 0.723. The summed E-state index contributed by atoms with van der Waals surface area (Å²) in [6.07, 6.45) is 1.08. The van der Waals surface area contributed by atoms with Crippen LogP contribution >= 0.6 is 0 Å². The molecule has 1 aromatic carbocycles. The van der Waals surface area contributed by atoms with Crippen LogP contribution < -0.4 is 4.74 Å². The zero-order valence-electron chi connectivity index (χ0n) is 10.6. The molecule has 0 amide bonds. The van der Waals surface area contributed by atoms with E-state index in [9.17, 15) is 0 Å². The van der Waals surface area contributed by atoms with Gasteiger partial charge in [0, 0.05) is 0 Å². The molecule has 84 valence electrons. The van der Waals surface area contributed by atoms with E-state index < -0.39 is 0 Å². The van der Waals surface area contributed by atoms with Crippen molar-refractivity contribution in [1.29, 1.82) is 0 Å². The summed E-state index contributed by atoms with van der Waals surface area (Å²) in [5.74, 6) is 0.997. The van der Waals surface area contributed by atoms with Crippen LogP contribution in [0, 0.1) is 19.3 Å². The summed E-state index contributed by atoms with van der Waals surface area (Å²) in [4.78, 5) is 0. The predicted molar refractivity (Wildman–Crippen MR) is 65.5 cm³/mol. The van der Waals surface area contributed by atoms with E-state index in [1.165, 1.54) is 11.1 Å². The molecular formula is C14H22O. The van der Waals surface area contributed by atoms with Crippen molar-refractivity contribution in [3.8, 4) is 5.75 Å². The van der Waals surface area contributed by atoms with Crippen molar-refractivity contribution < 1.29 is 4.74 Å². The van der Waals surface area contributed by atoms with E-state index in [0.717, 1.165) is 18.8 Å². The first kappa shape index (κ1) is 12.1. The zero-order chi connectivity index (χ0) is 11.5. The Morgan fingerprint density at radius 2 is 1.53 bits per heavy atom. The van der Waals surface area contributed by atoms with Crippen LogP contribution in [0.5, 0.6) is 5.75 Å². The molecule has 0 radical (unpaired) electrons. The summed E-state index contributed by atoms with van der Waals surface area (Å²) >= 11 is 0. The summed E-state index contributed by atoms with van der Waals surface area (Å²) in [6, 6.07) is 6.35. The molecule has 0 spiro atoms. The number of aryl methyl sites for hydroxylation is 2. The molecule has 0 heterocycles. The minimum absolute atomic E-state index is 0.346. The molecule has 0 aliphatic heterocycles. The fourth-order valence-electron chi connectivity index (χ4n) is 1.49. The van der Waals surface area contributed by atoms with Gasteiger partial charge in [-0.25, -0.2) is 0 Å². The Kier molecular flexibility index (Phi) is 3.78. The van der Waals surface area contributed by atoms with Gasteiger partial charge in [-0.1, -0.05) is 26.8 Å². The monoisotopic (exact) mass is 206 g/mol. The first-order valence-electron chi connectivity index (χ1n) is 5.58. The molecule has 1 nitrogen and oxygen atoms in total.